The van der Waals surface area contributed by atoms with Crippen molar-refractivity contribution in [3.05, 3.63) is 102 Å². The molecule has 4 heterocycles. The van der Waals surface area contributed by atoms with Crippen LogP contribution in [0.1, 0.15) is 47.3 Å². The molecule has 2 aromatic carbocycles. The number of carbonyl (C=O) groups is 1. The zero-order valence-corrected chi connectivity index (χ0v) is 23.0. The van der Waals surface area contributed by atoms with Crippen LogP contribution in [-0.2, 0) is 13.0 Å². The van der Waals surface area contributed by atoms with Crippen LogP contribution in [0.3, 0.4) is 0 Å². The lowest BCUT2D eigenvalue weighted by molar-refractivity contribution is 0.0115. The van der Waals surface area contributed by atoms with Crippen LogP contribution in [0, 0.1) is 5.82 Å². The van der Waals surface area contributed by atoms with Crippen LogP contribution >= 0.6 is 0 Å². The van der Waals surface area contributed by atoms with E-state index in [4.69, 9.17) is 0 Å². The SMILES string of the molecule is O=C(CCCCc1ccc(-c2ccccc2F)nc1)c1n[nH]c2ccc(-c3cncc(CN4CCC(F)(F)C4)c3)cc12. The highest BCUT2D eigenvalue weighted by molar-refractivity contribution is 6.06. The van der Waals surface area contributed by atoms with Crippen LogP contribution < -0.4 is 0 Å². The van der Waals surface area contributed by atoms with Crippen molar-refractivity contribution in [1.29, 1.82) is 0 Å². The molecule has 0 radical (unpaired) electrons. The van der Waals surface area contributed by atoms with Gasteiger partial charge in [-0.1, -0.05) is 24.3 Å². The van der Waals surface area contributed by atoms with Crippen LogP contribution in [0.4, 0.5) is 13.2 Å². The quantitative estimate of drug-likeness (QED) is 0.142. The van der Waals surface area contributed by atoms with Crippen molar-refractivity contribution in [3.63, 3.8) is 0 Å². The first-order valence-corrected chi connectivity index (χ1v) is 14.1. The Labute approximate surface area is 241 Å². The maximum atomic E-state index is 14.0. The largest absolute Gasteiger partial charge is 0.293 e. The minimum Gasteiger partial charge on any atom is -0.293 e. The van der Waals surface area contributed by atoms with Gasteiger partial charge in [-0.2, -0.15) is 5.10 Å². The minimum absolute atomic E-state index is 0.0340. The summed E-state index contributed by atoms with van der Waals surface area (Å²) >= 11 is 0. The van der Waals surface area contributed by atoms with Gasteiger partial charge in [0.1, 0.15) is 11.5 Å². The van der Waals surface area contributed by atoms with E-state index in [1.54, 1.807) is 41.7 Å². The third kappa shape index (κ3) is 6.26. The third-order valence-electron chi connectivity index (χ3n) is 7.70. The molecule has 0 aliphatic carbocycles. The van der Waals surface area contributed by atoms with E-state index in [1.807, 2.05) is 36.4 Å². The Morgan fingerprint density at radius 1 is 0.952 bits per heavy atom. The Hall–Kier alpha value is -4.37. The topological polar surface area (TPSA) is 74.8 Å². The van der Waals surface area contributed by atoms with Crippen molar-refractivity contribution in [1.82, 2.24) is 25.1 Å². The van der Waals surface area contributed by atoms with Gasteiger partial charge in [0, 0.05) is 61.0 Å². The second-order valence-corrected chi connectivity index (χ2v) is 10.9. The summed E-state index contributed by atoms with van der Waals surface area (Å²) < 4.78 is 41.2. The first-order chi connectivity index (χ1) is 20.3. The van der Waals surface area contributed by atoms with Crippen LogP contribution in [0.2, 0.25) is 0 Å². The monoisotopic (exact) mass is 569 g/mol. The number of carbonyl (C=O) groups excluding carboxylic acids is 1. The van der Waals surface area contributed by atoms with E-state index < -0.39 is 5.92 Å². The molecule has 6 rings (SSSR count). The van der Waals surface area contributed by atoms with Crippen molar-refractivity contribution in [2.24, 2.45) is 0 Å². The Kier molecular flexibility index (Phi) is 7.84. The number of aryl methyl sites for hydroxylation is 1. The molecule has 0 spiro atoms. The number of benzene rings is 2. The number of hydrogen-bond acceptors (Lipinski definition) is 5. The molecule has 0 amide bonds. The van der Waals surface area contributed by atoms with Gasteiger partial charge in [-0.3, -0.25) is 24.8 Å². The number of nitrogens with one attached hydrogen (secondary N) is 1. The van der Waals surface area contributed by atoms with Gasteiger partial charge in [0.2, 0.25) is 0 Å². The summed E-state index contributed by atoms with van der Waals surface area (Å²) in [5, 5.41) is 8.00. The second-order valence-electron chi connectivity index (χ2n) is 10.9. The number of Topliss-reactive ketones (excluding diaryl/α,β-unsaturated/α-hetero) is 1. The van der Waals surface area contributed by atoms with Crippen LogP contribution in [0.5, 0.6) is 0 Å². The first kappa shape index (κ1) is 27.8. The smallest absolute Gasteiger partial charge is 0.261 e. The van der Waals surface area contributed by atoms with Crippen LogP contribution in [0.25, 0.3) is 33.3 Å². The number of H-pyrrole nitrogens is 1. The number of pyridine rings is 2. The number of unbranched alkanes of at least 4 members (excludes halogenated alkanes) is 1. The Bertz CT molecular complexity index is 1720. The number of aromatic amines is 1. The lowest BCUT2D eigenvalue weighted by Crippen LogP contribution is -2.24. The first-order valence-electron chi connectivity index (χ1n) is 14.1. The van der Waals surface area contributed by atoms with E-state index in [9.17, 15) is 18.0 Å². The highest BCUT2D eigenvalue weighted by atomic mass is 19.3. The molecule has 6 nitrogen and oxygen atoms in total. The molecule has 3 aromatic heterocycles. The Morgan fingerprint density at radius 3 is 2.62 bits per heavy atom. The number of rotatable bonds is 10. The fourth-order valence-corrected chi connectivity index (χ4v) is 5.47. The number of fused-ring (bicyclic) bond motifs is 1. The van der Waals surface area contributed by atoms with Crippen molar-refractivity contribution >= 4 is 16.7 Å². The third-order valence-corrected chi connectivity index (χ3v) is 7.70. The van der Waals surface area contributed by atoms with E-state index in [0.717, 1.165) is 46.0 Å². The highest BCUT2D eigenvalue weighted by Gasteiger charge is 2.37. The van der Waals surface area contributed by atoms with Crippen molar-refractivity contribution in [3.8, 4) is 22.4 Å². The van der Waals surface area contributed by atoms with Crippen LogP contribution in [-0.4, -0.2) is 49.9 Å². The summed E-state index contributed by atoms with van der Waals surface area (Å²) in [6, 6.07) is 18.1. The number of likely N-dealkylation sites (tertiary alicyclic amines) is 1. The summed E-state index contributed by atoms with van der Waals surface area (Å²) in [5.41, 5.74) is 5.88. The molecule has 42 heavy (non-hydrogen) atoms. The van der Waals surface area contributed by atoms with E-state index in [2.05, 4.69) is 20.2 Å². The fraction of sp³-hybridized carbons (Fsp3) is 0.273. The molecular weight excluding hydrogens is 539 g/mol. The van der Waals surface area contributed by atoms with Gasteiger partial charge < -0.3 is 0 Å². The molecule has 1 fully saturated rings. The van der Waals surface area contributed by atoms with Gasteiger partial charge in [0.05, 0.1) is 17.8 Å². The number of nitrogens with zero attached hydrogens (tertiary/aromatic N) is 4. The molecule has 0 unspecified atom stereocenters. The van der Waals surface area contributed by atoms with Crippen LogP contribution in [0.15, 0.2) is 79.3 Å². The van der Waals surface area contributed by atoms with E-state index in [0.29, 0.717) is 42.9 Å². The standard InChI is InChI=1S/C33H30F3N5O/c34-28-7-3-2-6-26(28)29-11-9-22(18-38-29)5-1-4-8-31(42)32-27-16-24(10-12-30(27)39-40-32)25-15-23(17-37-19-25)20-41-14-13-33(35,36)21-41/h2-3,6-7,9-12,15-19H,1,4-5,8,13-14,20-21H2,(H,39,40). The highest BCUT2D eigenvalue weighted by Crippen LogP contribution is 2.30. The van der Waals surface area contributed by atoms with E-state index in [1.165, 1.54) is 6.07 Å². The van der Waals surface area contributed by atoms with E-state index >= 15 is 0 Å². The van der Waals surface area contributed by atoms with Gasteiger partial charge in [-0.05, 0) is 72.4 Å². The van der Waals surface area contributed by atoms with Crippen molar-refractivity contribution < 1.29 is 18.0 Å². The molecule has 0 saturated carbocycles. The average Bonchev–Trinajstić information content (AvgIpc) is 3.58. The molecule has 1 aliphatic rings. The van der Waals surface area contributed by atoms with Gasteiger partial charge in [-0.15, -0.1) is 0 Å². The summed E-state index contributed by atoms with van der Waals surface area (Å²) in [5.74, 6) is -2.96. The van der Waals surface area contributed by atoms with Gasteiger partial charge in [0.15, 0.2) is 5.78 Å². The lowest BCUT2D eigenvalue weighted by Gasteiger charge is -2.15. The number of hydrogen-bond donors (Lipinski definition) is 1. The number of alkyl halides is 2. The fourth-order valence-electron chi connectivity index (χ4n) is 5.47. The zero-order chi connectivity index (χ0) is 29.1. The molecule has 1 aliphatic heterocycles. The summed E-state index contributed by atoms with van der Waals surface area (Å²) in [7, 11) is 0. The predicted molar refractivity (Wildman–Crippen MR) is 156 cm³/mol. The van der Waals surface area contributed by atoms with Gasteiger partial charge in [-0.25, -0.2) is 13.2 Å². The van der Waals surface area contributed by atoms with Gasteiger partial charge in [0.25, 0.3) is 5.92 Å². The molecular formula is C33H30F3N5O. The minimum atomic E-state index is -2.63. The molecule has 1 N–H and O–H groups in total. The molecule has 9 heteroatoms. The summed E-state index contributed by atoms with van der Waals surface area (Å²) in [6.07, 6.45) is 7.72. The molecule has 5 aromatic rings. The average molecular weight is 570 g/mol. The number of halogens is 3. The molecule has 1 saturated heterocycles. The van der Waals surface area contributed by atoms with Crippen molar-refractivity contribution in [2.45, 2.75) is 44.6 Å². The Morgan fingerprint density at radius 2 is 1.83 bits per heavy atom. The Balaban J connectivity index is 1.07. The molecule has 214 valence electrons. The number of aromatic nitrogens is 4. The second kappa shape index (κ2) is 11.9. The predicted octanol–water partition coefficient (Wildman–Crippen LogP) is 7.26. The zero-order valence-electron chi connectivity index (χ0n) is 23.0. The normalized spacial score (nSPS) is 14.9. The van der Waals surface area contributed by atoms with E-state index in [-0.39, 0.29) is 24.6 Å². The maximum Gasteiger partial charge on any atom is 0.261 e. The summed E-state index contributed by atoms with van der Waals surface area (Å²) in [4.78, 5) is 23.6. The molecule has 0 bridgehead atoms. The van der Waals surface area contributed by atoms with Crippen molar-refractivity contribution in [2.75, 3.05) is 13.1 Å². The number of ketones is 1. The van der Waals surface area contributed by atoms with Gasteiger partial charge >= 0.3 is 0 Å². The lowest BCUT2D eigenvalue weighted by atomic mass is 10.0. The summed E-state index contributed by atoms with van der Waals surface area (Å²) in [6.45, 7) is 0.546. The molecule has 0 atom stereocenters. The maximum absolute atomic E-state index is 14.0.